The van der Waals surface area contributed by atoms with Crippen molar-refractivity contribution in [3.8, 4) is 0 Å². The number of aliphatic imine (C=N–C) groups is 2. The molecule has 0 radical (unpaired) electrons. The summed E-state index contributed by atoms with van der Waals surface area (Å²) in [5, 5.41) is 17.6. The fourth-order valence-corrected chi connectivity index (χ4v) is 5.58. The Morgan fingerprint density at radius 1 is 1.29 bits per heavy atom. The Kier molecular flexibility index (Phi) is 6.02. The molecule has 5 rings (SSSR count). The van der Waals surface area contributed by atoms with Crippen molar-refractivity contribution >= 4 is 29.2 Å². The molecule has 0 bridgehead atoms. The van der Waals surface area contributed by atoms with Gasteiger partial charge in [0.25, 0.3) is 0 Å². The summed E-state index contributed by atoms with van der Waals surface area (Å²) in [4.78, 5) is 23.0. The maximum absolute atomic E-state index is 13.4. The van der Waals surface area contributed by atoms with Crippen LogP contribution in [0.1, 0.15) is 71.0 Å². The molecule has 0 spiro atoms. The Morgan fingerprint density at radius 3 is 2.79 bits per heavy atom. The normalized spacial score (nSPS) is 33.4. The van der Waals surface area contributed by atoms with E-state index in [1.807, 2.05) is 26.0 Å². The number of amides is 1. The lowest BCUT2D eigenvalue weighted by Crippen LogP contribution is -2.58. The van der Waals surface area contributed by atoms with Gasteiger partial charge in [-0.15, -0.1) is 0 Å². The van der Waals surface area contributed by atoms with Crippen LogP contribution in [0.4, 0.5) is 0 Å². The molecular formula is C24H32ClN7O2. The van der Waals surface area contributed by atoms with E-state index in [1.165, 1.54) is 6.20 Å². The predicted molar refractivity (Wildman–Crippen MR) is 131 cm³/mol. The fourth-order valence-electron chi connectivity index (χ4n) is 5.38. The number of aromatic nitrogens is 2. The van der Waals surface area contributed by atoms with E-state index in [0.717, 1.165) is 43.6 Å². The molecule has 1 aromatic rings. The molecule has 34 heavy (non-hydrogen) atoms. The summed E-state index contributed by atoms with van der Waals surface area (Å²) in [6.45, 7) is 5.94. The molecule has 2 fully saturated rings. The minimum Gasteiger partial charge on any atom is -0.457 e. The summed E-state index contributed by atoms with van der Waals surface area (Å²) >= 11 is 6.45. The smallest absolute Gasteiger partial charge is 0.238 e. The molecule has 9 nitrogen and oxygen atoms in total. The first kappa shape index (κ1) is 23.1. The first-order valence-corrected chi connectivity index (χ1v) is 12.4. The molecule has 4 atom stereocenters. The number of aromatic amines is 1. The van der Waals surface area contributed by atoms with Crippen molar-refractivity contribution in [1.29, 1.82) is 0 Å². The minimum atomic E-state index is -0.913. The van der Waals surface area contributed by atoms with Crippen LogP contribution in [0, 0.1) is 5.92 Å². The maximum Gasteiger partial charge on any atom is 0.238 e. The monoisotopic (exact) mass is 485 g/mol. The molecule has 182 valence electrons. The van der Waals surface area contributed by atoms with Gasteiger partial charge in [-0.25, -0.2) is 15.3 Å². The Bertz CT molecular complexity index is 1090. The third-order valence-electron chi connectivity index (χ3n) is 7.04. The van der Waals surface area contributed by atoms with Gasteiger partial charge in [0.15, 0.2) is 0 Å². The van der Waals surface area contributed by atoms with Crippen LogP contribution in [-0.2, 0) is 9.53 Å². The van der Waals surface area contributed by atoms with E-state index >= 15 is 0 Å². The van der Waals surface area contributed by atoms with E-state index in [2.05, 4.69) is 39.1 Å². The first-order valence-electron chi connectivity index (χ1n) is 12.0. The SMILES string of the molecule is CC1=NC(NC2(C)NC3(C)CC=CC=C3O2)=NC(c2[nH]ncc2Cl)C(C(=O)NC2CCCC2)C1. The lowest BCUT2D eigenvalue weighted by atomic mass is 9.91. The molecule has 1 saturated heterocycles. The minimum absolute atomic E-state index is 0.0293. The van der Waals surface area contributed by atoms with Crippen molar-refractivity contribution in [3.05, 3.63) is 40.9 Å². The number of H-pyrrole nitrogens is 1. The molecule has 1 aromatic heterocycles. The number of fused-ring (bicyclic) bond motifs is 1. The summed E-state index contributed by atoms with van der Waals surface area (Å²) in [6, 6.07) is -0.350. The maximum atomic E-state index is 13.4. The predicted octanol–water partition coefficient (Wildman–Crippen LogP) is 3.49. The van der Waals surface area contributed by atoms with Crippen molar-refractivity contribution < 1.29 is 9.53 Å². The number of hydrogen-bond donors (Lipinski definition) is 4. The zero-order valence-electron chi connectivity index (χ0n) is 19.8. The zero-order chi connectivity index (χ0) is 23.9. The van der Waals surface area contributed by atoms with Gasteiger partial charge in [-0.1, -0.05) is 36.6 Å². The van der Waals surface area contributed by atoms with E-state index in [-0.39, 0.29) is 17.5 Å². The molecule has 4 unspecified atom stereocenters. The molecular weight excluding hydrogens is 454 g/mol. The van der Waals surface area contributed by atoms with Gasteiger partial charge in [-0.05, 0) is 45.6 Å². The summed E-state index contributed by atoms with van der Waals surface area (Å²) in [5.41, 5.74) is 1.11. The number of carbonyl (C=O) groups excluding carboxylic acids is 1. The molecule has 2 aliphatic heterocycles. The van der Waals surface area contributed by atoms with Crippen molar-refractivity contribution in [1.82, 2.24) is 26.1 Å². The van der Waals surface area contributed by atoms with Gasteiger partial charge in [-0.3, -0.25) is 9.89 Å². The molecule has 3 heterocycles. The molecule has 10 heteroatoms. The Balaban J connectivity index is 1.44. The van der Waals surface area contributed by atoms with Crippen LogP contribution >= 0.6 is 11.6 Å². The van der Waals surface area contributed by atoms with E-state index in [1.54, 1.807) is 0 Å². The second kappa shape index (κ2) is 8.85. The van der Waals surface area contributed by atoms with Crippen LogP contribution < -0.4 is 16.0 Å². The summed E-state index contributed by atoms with van der Waals surface area (Å²) < 4.78 is 6.26. The molecule has 0 aromatic carbocycles. The number of rotatable bonds is 4. The number of carbonyl (C=O) groups is 1. The lowest BCUT2D eigenvalue weighted by molar-refractivity contribution is -0.126. The number of ether oxygens (including phenoxy) is 1. The zero-order valence-corrected chi connectivity index (χ0v) is 20.6. The van der Waals surface area contributed by atoms with Crippen molar-refractivity contribution in [2.75, 3.05) is 0 Å². The summed E-state index contributed by atoms with van der Waals surface area (Å²) in [5.74, 6) is -0.155. The third-order valence-corrected chi connectivity index (χ3v) is 7.34. The van der Waals surface area contributed by atoms with Crippen LogP contribution in [0.5, 0.6) is 0 Å². The molecule has 2 aliphatic carbocycles. The van der Waals surface area contributed by atoms with Gasteiger partial charge in [0.1, 0.15) is 11.8 Å². The average molecular weight is 486 g/mol. The quantitative estimate of drug-likeness (QED) is 0.521. The van der Waals surface area contributed by atoms with E-state index < -0.39 is 17.8 Å². The topological polar surface area (TPSA) is 116 Å². The highest BCUT2D eigenvalue weighted by atomic mass is 35.5. The van der Waals surface area contributed by atoms with E-state index in [0.29, 0.717) is 23.1 Å². The molecule has 4 aliphatic rings. The van der Waals surface area contributed by atoms with Gasteiger partial charge in [0.05, 0.1) is 28.4 Å². The number of nitrogens with zero attached hydrogens (tertiary/aromatic N) is 3. The van der Waals surface area contributed by atoms with Gasteiger partial charge in [0, 0.05) is 18.7 Å². The van der Waals surface area contributed by atoms with Gasteiger partial charge in [-0.2, -0.15) is 5.10 Å². The van der Waals surface area contributed by atoms with Crippen LogP contribution in [0.2, 0.25) is 5.02 Å². The second-order valence-corrected chi connectivity index (χ2v) is 10.5. The van der Waals surface area contributed by atoms with E-state index in [4.69, 9.17) is 26.3 Å². The van der Waals surface area contributed by atoms with Gasteiger partial charge in [0.2, 0.25) is 17.7 Å². The van der Waals surface area contributed by atoms with E-state index in [9.17, 15) is 4.79 Å². The number of halogens is 1. The van der Waals surface area contributed by atoms with Crippen LogP contribution in [0.15, 0.2) is 40.2 Å². The third kappa shape index (κ3) is 4.51. The van der Waals surface area contributed by atoms with Crippen molar-refractivity contribution in [3.63, 3.8) is 0 Å². The largest absolute Gasteiger partial charge is 0.457 e. The summed E-state index contributed by atoms with van der Waals surface area (Å²) in [7, 11) is 0. The Hall–Kier alpha value is -2.65. The van der Waals surface area contributed by atoms with Crippen LogP contribution in [-0.4, -0.2) is 45.2 Å². The molecule has 1 saturated carbocycles. The van der Waals surface area contributed by atoms with Crippen LogP contribution in [0.25, 0.3) is 0 Å². The van der Waals surface area contributed by atoms with Crippen molar-refractivity contribution in [2.45, 2.75) is 82.8 Å². The van der Waals surface area contributed by atoms with Gasteiger partial charge >= 0.3 is 0 Å². The lowest BCUT2D eigenvalue weighted by Gasteiger charge is -2.28. The fraction of sp³-hybridized carbons (Fsp3) is 0.583. The highest BCUT2D eigenvalue weighted by Crippen LogP contribution is 2.38. The molecule has 4 N–H and O–H groups in total. The van der Waals surface area contributed by atoms with Crippen LogP contribution in [0.3, 0.4) is 0 Å². The number of hydrogen-bond acceptors (Lipinski definition) is 7. The van der Waals surface area contributed by atoms with Crippen molar-refractivity contribution in [2.24, 2.45) is 15.9 Å². The molecule has 1 amide bonds. The van der Waals surface area contributed by atoms with Gasteiger partial charge < -0.3 is 15.4 Å². The number of guanidine groups is 1. The number of allylic oxidation sites excluding steroid dienone is 2. The highest BCUT2D eigenvalue weighted by Gasteiger charge is 2.49. The Morgan fingerprint density at radius 2 is 2.09 bits per heavy atom. The standard InChI is InChI=1S/C24H32ClN7O2/c1-14-12-16(21(33)28-15-8-4-5-9-15)19(20-17(25)13-26-31-20)29-22(27-14)30-24(3)32-23(2)11-7-6-10-18(23)34-24/h6-7,10,13,15-16,19,32H,4-5,8-9,11-12H2,1-3H3,(H,26,31)(H,28,33)(H,29,30). The Labute approximate surface area is 204 Å². The first-order chi connectivity index (χ1) is 16.2. The average Bonchev–Trinajstić information content (AvgIpc) is 3.46. The second-order valence-electron chi connectivity index (χ2n) is 10.1. The summed E-state index contributed by atoms with van der Waals surface area (Å²) in [6.07, 6.45) is 13.2. The highest BCUT2D eigenvalue weighted by molar-refractivity contribution is 6.31. The number of nitrogens with one attached hydrogen (secondary N) is 4.